The van der Waals surface area contributed by atoms with Crippen LogP contribution in [0.5, 0.6) is 0 Å². The van der Waals surface area contributed by atoms with Crippen molar-refractivity contribution < 1.29 is 19.2 Å². The number of hydrogen-bond acceptors (Lipinski definition) is 5. The van der Waals surface area contributed by atoms with Gasteiger partial charge in [-0.15, -0.1) is 0 Å². The molecule has 2 atom stereocenters. The first-order valence-corrected chi connectivity index (χ1v) is 9.74. The zero-order chi connectivity index (χ0) is 20.1. The number of imide groups is 1. The second-order valence-corrected chi connectivity index (χ2v) is 7.78. The molecule has 2 aliphatic heterocycles. The van der Waals surface area contributed by atoms with E-state index in [0.29, 0.717) is 11.3 Å². The van der Waals surface area contributed by atoms with Crippen molar-refractivity contribution in [3.63, 3.8) is 0 Å². The number of hydrogen-bond donors (Lipinski definition) is 0. The topological polar surface area (TPSA) is 76.0 Å². The molecule has 5 rings (SSSR count). The van der Waals surface area contributed by atoms with Gasteiger partial charge in [0.2, 0.25) is 17.8 Å². The first-order valence-electron chi connectivity index (χ1n) is 8.95. The van der Waals surface area contributed by atoms with Gasteiger partial charge in [-0.25, -0.2) is 4.90 Å². The van der Waals surface area contributed by atoms with Crippen LogP contribution in [0, 0.1) is 5.92 Å². The summed E-state index contributed by atoms with van der Waals surface area (Å²) in [5.74, 6) is -2.48. The van der Waals surface area contributed by atoms with Crippen molar-refractivity contribution in [3.8, 4) is 0 Å². The number of oxime groups is 1. The van der Waals surface area contributed by atoms with E-state index in [9.17, 15) is 14.4 Å². The Labute approximate surface area is 173 Å². The highest BCUT2D eigenvalue weighted by atomic mass is 79.9. The van der Waals surface area contributed by atoms with Gasteiger partial charge in [0.25, 0.3) is 5.91 Å². The van der Waals surface area contributed by atoms with E-state index in [1.165, 1.54) is 0 Å². The Morgan fingerprint density at radius 1 is 0.931 bits per heavy atom. The van der Waals surface area contributed by atoms with Gasteiger partial charge in [-0.3, -0.25) is 14.4 Å². The van der Waals surface area contributed by atoms with E-state index in [4.69, 9.17) is 4.84 Å². The van der Waals surface area contributed by atoms with E-state index in [1.54, 1.807) is 36.4 Å². The lowest BCUT2D eigenvalue weighted by molar-refractivity contribution is -0.126. The van der Waals surface area contributed by atoms with Crippen LogP contribution in [-0.2, 0) is 14.4 Å². The molecule has 0 aliphatic carbocycles. The molecule has 29 heavy (non-hydrogen) atoms. The number of ketones is 1. The van der Waals surface area contributed by atoms with E-state index in [2.05, 4.69) is 21.1 Å². The van der Waals surface area contributed by atoms with Gasteiger partial charge in [-0.05, 0) is 41.1 Å². The molecule has 142 valence electrons. The second-order valence-electron chi connectivity index (χ2n) is 6.86. The van der Waals surface area contributed by atoms with Crippen molar-refractivity contribution in [1.82, 2.24) is 0 Å². The molecule has 2 amide bonds. The summed E-state index contributed by atoms with van der Waals surface area (Å²) in [6.45, 7) is 0. The van der Waals surface area contributed by atoms with Gasteiger partial charge in [-0.2, -0.15) is 0 Å². The zero-order valence-corrected chi connectivity index (χ0v) is 16.5. The third-order valence-electron chi connectivity index (χ3n) is 5.14. The molecule has 2 aliphatic rings. The fourth-order valence-corrected chi connectivity index (χ4v) is 3.95. The summed E-state index contributed by atoms with van der Waals surface area (Å²) in [6.07, 6.45) is -1.11. The Bertz CT molecular complexity index is 1220. The molecular formula is C22H13BrN2O4. The van der Waals surface area contributed by atoms with Crippen LogP contribution >= 0.6 is 15.9 Å². The van der Waals surface area contributed by atoms with Crippen LogP contribution in [0.3, 0.4) is 0 Å². The Morgan fingerprint density at radius 2 is 1.66 bits per heavy atom. The monoisotopic (exact) mass is 448 g/mol. The molecule has 0 N–H and O–H groups in total. The van der Waals surface area contributed by atoms with Gasteiger partial charge >= 0.3 is 0 Å². The first-order chi connectivity index (χ1) is 14.0. The minimum absolute atomic E-state index is 0.0387. The maximum Gasteiger partial charge on any atom is 0.278 e. The summed E-state index contributed by atoms with van der Waals surface area (Å²) in [5, 5.41) is 5.71. The summed E-state index contributed by atoms with van der Waals surface area (Å²) in [7, 11) is 0. The van der Waals surface area contributed by atoms with E-state index in [1.807, 2.05) is 30.3 Å². The molecule has 3 aromatic rings. The molecule has 0 aromatic heterocycles. The number of carbonyl (C=O) groups excluding carboxylic acids is 3. The normalized spacial score (nSPS) is 20.6. The van der Waals surface area contributed by atoms with Gasteiger partial charge in [0, 0.05) is 10.0 Å². The highest BCUT2D eigenvalue weighted by molar-refractivity contribution is 9.10. The molecule has 0 bridgehead atoms. The number of amides is 2. The van der Waals surface area contributed by atoms with Crippen molar-refractivity contribution in [2.24, 2.45) is 11.1 Å². The van der Waals surface area contributed by atoms with Crippen LogP contribution < -0.4 is 4.90 Å². The molecule has 3 aromatic carbocycles. The lowest BCUT2D eigenvalue weighted by atomic mass is 9.92. The minimum atomic E-state index is -1.11. The van der Waals surface area contributed by atoms with Crippen LogP contribution in [0.2, 0.25) is 0 Å². The van der Waals surface area contributed by atoms with E-state index in [-0.39, 0.29) is 5.71 Å². The van der Waals surface area contributed by atoms with Crippen molar-refractivity contribution >= 4 is 55.7 Å². The molecule has 6 nitrogen and oxygen atoms in total. The van der Waals surface area contributed by atoms with Crippen molar-refractivity contribution in [1.29, 1.82) is 0 Å². The number of anilines is 1. The van der Waals surface area contributed by atoms with E-state index >= 15 is 0 Å². The molecule has 1 saturated heterocycles. The fraction of sp³-hybridized carbons (Fsp3) is 0.0909. The predicted molar refractivity (Wildman–Crippen MR) is 111 cm³/mol. The maximum atomic E-state index is 13.1. The number of halogens is 1. The number of Topliss-reactive ketones (excluding diaryl/α,β-unsaturated/α-hetero) is 1. The van der Waals surface area contributed by atoms with Crippen LogP contribution in [0.4, 0.5) is 5.69 Å². The van der Waals surface area contributed by atoms with E-state index in [0.717, 1.165) is 20.1 Å². The molecule has 2 heterocycles. The number of carbonyl (C=O) groups is 3. The summed E-state index contributed by atoms with van der Waals surface area (Å²) in [5.41, 5.74) is 0.788. The number of benzene rings is 3. The van der Waals surface area contributed by atoms with Gasteiger partial charge in [0.1, 0.15) is 11.6 Å². The Kier molecular flexibility index (Phi) is 4.06. The van der Waals surface area contributed by atoms with Crippen LogP contribution in [0.25, 0.3) is 10.8 Å². The van der Waals surface area contributed by atoms with Gasteiger partial charge in [0.05, 0.1) is 5.69 Å². The van der Waals surface area contributed by atoms with Gasteiger partial charge < -0.3 is 4.84 Å². The maximum absolute atomic E-state index is 13.1. The SMILES string of the molecule is O=C(C1=NOC2C(=O)N(c3ccc(Br)cc3)C(=O)C12)c1ccc2ccccc2c1. The molecule has 7 heteroatoms. The number of fused-ring (bicyclic) bond motifs is 2. The second kappa shape index (κ2) is 6.63. The van der Waals surface area contributed by atoms with Crippen molar-refractivity contribution in [2.45, 2.75) is 6.10 Å². The largest absolute Gasteiger partial charge is 0.381 e. The minimum Gasteiger partial charge on any atom is -0.381 e. The average molecular weight is 449 g/mol. The zero-order valence-electron chi connectivity index (χ0n) is 14.9. The molecule has 1 fully saturated rings. The predicted octanol–water partition coefficient (Wildman–Crippen LogP) is 3.73. The Hall–Kier alpha value is -3.32. The van der Waals surface area contributed by atoms with Crippen LogP contribution in [0.15, 0.2) is 76.4 Å². The lowest BCUT2D eigenvalue weighted by Gasteiger charge is -2.15. The Morgan fingerprint density at radius 3 is 2.41 bits per heavy atom. The molecule has 2 unspecified atom stereocenters. The molecule has 0 spiro atoms. The highest BCUT2D eigenvalue weighted by Crippen LogP contribution is 2.34. The molecule has 0 radical (unpaired) electrons. The quantitative estimate of drug-likeness (QED) is 0.451. The third-order valence-corrected chi connectivity index (χ3v) is 5.67. The summed E-state index contributed by atoms with van der Waals surface area (Å²) in [4.78, 5) is 45.1. The van der Waals surface area contributed by atoms with Crippen molar-refractivity contribution in [3.05, 3.63) is 76.8 Å². The average Bonchev–Trinajstić information content (AvgIpc) is 3.28. The summed E-state index contributed by atoms with van der Waals surface area (Å²) < 4.78 is 0.825. The summed E-state index contributed by atoms with van der Waals surface area (Å²) in [6, 6.07) is 19.7. The van der Waals surface area contributed by atoms with Crippen molar-refractivity contribution in [2.75, 3.05) is 4.90 Å². The van der Waals surface area contributed by atoms with E-state index < -0.39 is 29.6 Å². The Balaban J connectivity index is 1.48. The molecule has 0 saturated carbocycles. The third kappa shape index (κ3) is 2.77. The summed E-state index contributed by atoms with van der Waals surface area (Å²) >= 11 is 3.33. The standard InChI is InChI=1S/C22H13BrN2O4/c23-15-7-9-16(10-8-15)25-21(27)17-18(24-29-20(17)22(25)28)19(26)14-6-5-12-3-1-2-4-13(12)11-14/h1-11,17,20H. The first kappa shape index (κ1) is 17.8. The number of nitrogens with zero attached hydrogens (tertiary/aromatic N) is 2. The highest BCUT2D eigenvalue weighted by Gasteiger charge is 2.57. The van der Waals surface area contributed by atoms with Gasteiger partial charge in [0.15, 0.2) is 0 Å². The van der Waals surface area contributed by atoms with Gasteiger partial charge in [-0.1, -0.05) is 57.5 Å². The lowest BCUT2D eigenvalue weighted by Crippen LogP contribution is -2.34. The molecular weight excluding hydrogens is 436 g/mol. The fourth-order valence-electron chi connectivity index (χ4n) is 3.69. The number of rotatable bonds is 3. The van der Waals surface area contributed by atoms with Crippen LogP contribution in [-0.4, -0.2) is 29.4 Å². The van der Waals surface area contributed by atoms with Crippen LogP contribution in [0.1, 0.15) is 10.4 Å². The smallest absolute Gasteiger partial charge is 0.278 e.